The van der Waals surface area contributed by atoms with Gasteiger partial charge in [-0.1, -0.05) is 30.3 Å². The third kappa shape index (κ3) is 2.65. The minimum atomic E-state index is -0.944. The predicted octanol–water partition coefficient (Wildman–Crippen LogP) is 2.86. The summed E-state index contributed by atoms with van der Waals surface area (Å²) in [6.45, 7) is 0.468. The number of carbonyl (C=O) groups excluding carboxylic acids is 1. The Morgan fingerprint density at radius 1 is 1.05 bits per heavy atom. The number of carbonyl (C=O) groups is 2. The van der Waals surface area contributed by atoms with Gasteiger partial charge in [-0.3, -0.25) is 4.79 Å². The molecule has 3 rings (SSSR count). The first-order chi connectivity index (χ1) is 10.1. The molecule has 0 radical (unpaired) electrons. The molecule has 2 aromatic carbocycles. The fourth-order valence-electron chi connectivity index (χ4n) is 2.61. The molecule has 1 amide bonds. The van der Waals surface area contributed by atoms with Crippen LogP contribution in [0.4, 0.5) is 5.69 Å². The summed E-state index contributed by atoms with van der Waals surface area (Å²) in [6.07, 6.45) is 1.30. The maximum Gasteiger partial charge on any atom is 0.335 e. The Balaban J connectivity index is 1.87. The van der Waals surface area contributed by atoms with Crippen LogP contribution >= 0.6 is 0 Å². The average molecular weight is 281 g/mol. The highest BCUT2D eigenvalue weighted by molar-refractivity contribution is 5.96. The first-order valence-corrected chi connectivity index (χ1v) is 6.85. The van der Waals surface area contributed by atoms with E-state index in [1.54, 1.807) is 29.2 Å². The SMILES string of the molecule is O=C(O)c1ccc(CN2C(=O)CCc3ccccc32)cc1. The molecule has 0 spiro atoms. The van der Waals surface area contributed by atoms with Gasteiger partial charge < -0.3 is 10.0 Å². The Bertz CT molecular complexity index is 691. The molecule has 0 saturated carbocycles. The molecule has 1 aliphatic rings. The van der Waals surface area contributed by atoms with Gasteiger partial charge in [0.15, 0.2) is 0 Å². The number of para-hydroxylation sites is 1. The highest BCUT2D eigenvalue weighted by Gasteiger charge is 2.23. The molecule has 21 heavy (non-hydrogen) atoms. The summed E-state index contributed by atoms with van der Waals surface area (Å²) in [5.74, 6) is -0.836. The van der Waals surface area contributed by atoms with E-state index in [2.05, 4.69) is 0 Å². The lowest BCUT2D eigenvalue weighted by Crippen LogP contribution is -2.34. The van der Waals surface area contributed by atoms with Crippen molar-refractivity contribution in [1.29, 1.82) is 0 Å². The molecule has 1 heterocycles. The molecule has 1 N–H and O–H groups in total. The Kier molecular flexibility index (Phi) is 3.44. The number of nitrogens with zero attached hydrogens (tertiary/aromatic N) is 1. The predicted molar refractivity (Wildman–Crippen MR) is 79.4 cm³/mol. The van der Waals surface area contributed by atoms with Crippen LogP contribution in [0.25, 0.3) is 0 Å². The molecule has 0 bridgehead atoms. The molecular formula is C17H15NO3. The van der Waals surface area contributed by atoms with Crippen molar-refractivity contribution in [3.8, 4) is 0 Å². The molecular weight excluding hydrogens is 266 g/mol. The van der Waals surface area contributed by atoms with E-state index in [-0.39, 0.29) is 11.5 Å². The first-order valence-electron chi connectivity index (χ1n) is 6.85. The topological polar surface area (TPSA) is 57.6 Å². The van der Waals surface area contributed by atoms with E-state index in [1.807, 2.05) is 24.3 Å². The van der Waals surface area contributed by atoms with Gasteiger partial charge in [-0.15, -0.1) is 0 Å². The van der Waals surface area contributed by atoms with Crippen molar-refractivity contribution in [1.82, 2.24) is 0 Å². The Hall–Kier alpha value is -2.62. The van der Waals surface area contributed by atoms with E-state index in [9.17, 15) is 9.59 Å². The smallest absolute Gasteiger partial charge is 0.335 e. The fraction of sp³-hybridized carbons (Fsp3) is 0.176. The van der Waals surface area contributed by atoms with Crippen LogP contribution in [0, 0.1) is 0 Å². The van der Waals surface area contributed by atoms with Gasteiger partial charge in [0, 0.05) is 12.1 Å². The van der Waals surface area contributed by atoms with Gasteiger partial charge in [-0.05, 0) is 35.7 Å². The standard InChI is InChI=1S/C17H15NO3/c19-16-10-9-13-3-1-2-4-15(13)18(16)11-12-5-7-14(8-6-12)17(20)21/h1-8H,9-11H2,(H,20,21). The second kappa shape index (κ2) is 5.40. The Morgan fingerprint density at radius 3 is 2.48 bits per heavy atom. The second-order valence-corrected chi connectivity index (χ2v) is 5.11. The monoisotopic (exact) mass is 281 g/mol. The van der Waals surface area contributed by atoms with E-state index >= 15 is 0 Å². The number of carboxylic acid groups (broad SMARTS) is 1. The van der Waals surface area contributed by atoms with Crippen molar-refractivity contribution in [3.63, 3.8) is 0 Å². The van der Waals surface area contributed by atoms with Crippen molar-refractivity contribution < 1.29 is 14.7 Å². The number of amides is 1. The molecule has 1 aliphatic heterocycles. The maximum atomic E-state index is 12.2. The van der Waals surface area contributed by atoms with E-state index in [0.717, 1.165) is 17.7 Å². The third-order valence-corrected chi connectivity index (χ3v) is 3.73. The summed E-state index contributed by atoms with van der Waals surface area (Å²) >= 11 is 0. The number of rotatable bonds is 3. The zero-order chi connectivity index (χ0) is 14.8. The average Bonchev–Trinajstić information content (AvgIpc) is 2.51. The largest absolute Gasteiger partial charge is 0.478 e. The van der Waals surface area contributed by atoms with Crippen LogP contribution in [0.1, 0.15) is 27.9 Å². The van der Waals surface area contributed by atoms with Gasteiger partial charge in [0.2, 0.25) is 5.91 Å². The van der Waals surface area contributed by atoms with Gasteiger partial charge in [0.25, 0.3) is 0 Å². The van der Waals surface area contributed by atoms with Gasteiger partial charge in [-0.2, -0.15) is 0 Å². The van der Waals surface area contributed by atoms with Gasteiger partial charge in [-0.25, -0.2) is 4.79 Å². The summed E-state index contributed by atoms with van der Waals surface area (Å²) in [4.78, 5) is 24.8. The molecule has 2 aromatic rings. The first kappa shape index (κ1) is 13.4. The molecule has 0 aliphatic carbocycles. The highest BCUT2D eigenvalue weighted by Crippen LogP contribution is 2.28. The van der Waals surface area contributed by atoms with E-state index < -0.39 is 5.97 Å². The summed E-state index contributed by atoms with van der Waals surface area (Å²) in [6, 6.07) is 14.6. The van der Waals surface area contributed by atoms with Crippen molar-refractivity contribution in [3.05, 3.63) is 65.2 Å². The number of carboxylic acids is 1. The molecule has 0 fully saturated rings. The molecule has 4 nitrogen and oxygen atoms in total. The van der Waals surface area contributed by atoms with Crippen molar-refractivity contribution in [2.24, 2.45) is 0 Å². The zero-order valence-corrected chi connectivity index (χ0v) is 11.5. The van der Waals surface area contributed by atoms with Gasteiger partial charge >= 0.3 is 5.97 Å². The quantitative estimate of drug-likeness (QED) is 0.941. The van der Waals surface area contributed by atoms with E-state index in [0.29, 0.717) is 13.0 Å². The van der Waals surface area contributed by atoms with Gasteiger partial charge in [0.1, 0.15) is 0 Å². The summed E-state index contributed by atoms with van der Waals surface area (Å²) in [7, 11) is 0. The van der Waals surface area contributed by atoms with Crippen LogP contribution in [0.15, 0.2) is 48.5 Å². The third-order valence-electron chi connectivity index (χ3n) is 3.73. The lowest BCUT2D eigenvalue weighted by Gasteiger charge is -2.29. The number of fused-ring (bicyclic) bond motifs is 1. The van der Waals surface area contributed by atoms with Crippen LogP contribution in [-0.2, 0) is 17.8 Å². The van der Waals surface area contributed by atoms with E-state index in [1.165, 1.54) is 5.56 Å². The van der Waals surface area contributed by atoms with Crippen LogP contribution in [0.2, 0.25) is 0 Å². The van der Waals surface area contributed by atoms with Crippen LogP contribution in [-0.4, -0.2) is 17.0 Å². The molecule has 0 saturated heterocycles. The number of benzene rings is 2. The zero-order valence-electron chi connectivity index (χ0n) is 11.5. The Morgan fingerprint density at radius 2 is 1.76 bits per heavy atom. The lowest BCUT2D eigenvalue weighted by atomic mass is 10.0. The molecule has 106 valence electrons. The highest BCUT2D eigenvalue weighted by atomic mass is 16.4. The number of aromatic carboxylic acids is 1. The minimum Gasteiger partial charge on any atom is -0.478 e. The number of aryl methyl sites for hydroxylation is 1. The summed E-state index contributed by atoms with van der Waals surface area (Å²) in [5.41, 5.74) is 3.31. The lowest BCUT2D eigenvalue weighted by molar-refractivity contribution is -0.119. The normalized spacial score (nSPS) is 13.9. The Labute approximate surface area is 122 Å². The molecule has 0 atom stereocenters. The molecule has 0 unspecified atom stereocenters. The van der Waals surface area contributed by atoms with Crippen LogP contribution in [0.5, 0.6) is 0 Å². The van der Waals surface area contributed by atoms with Crippen molar-refractivity contribution >= 4 is 17.6 Å². The van der Waals surface area contributed by atoms with Crippen molar-refractivity contribution in [2.45, 2.75) is 19.4 Å². The van der Waals surface area contributed by atoms with Crippen LogP contribution in [0.3, 0.4) is 0 Å². The van der Waals surface area contributed by atoms with E-state index in [4.69, 9.17) is 5.11 Å². The number of anilines is 1. The van der Waals surface area contributed by atoms with Crippen LogP contribution < -0.4 is 4.90 Å². The number of hydrogen-bond donors (Lipinski definition) is 1. The fourth-order valence-corrected chi connectivity index (χ4v) is 2.61. The number of hydrogen-bond acceptors (Lipinski definition) is 2. The summed E-state index contributed by atoms with van der Waals surface area (Å²) < 4.78 is 0. The summed E-state index contributed by atoms with van der Waals surface area (Å²) in [5, 5.41) is 8.90. The second-order valence-electron chi connectivity index (χ2n) is 5.11. The van der Waals surface area contributed by atoms with Gasteiger partial charge in [0.05, 0.1) is 12.1 Å². The minimum absolute atomic E-state index is 0.107. The molecule has 4 heteroatoms. The maximum absolute atomic E-state index is 12.2. The molecule has 0 aromatic heterocycles. The van der Waals surface area contributed by atoms with Crippen molar-refractivity contribution in [2.75, 3.05) is 4.90 Å².